The van der Waals surface area contributed by atoms with Gasteiger partial charge in [-0.15, -0.1) is 0 Å². The van der Waals surface area contributed by atoms with Crippen molar-refractivity contribution >= 4 is 23.8 Å². The summed E-state index contributed by atoms with van der Waals surface area (Å²) in [5.41, 5.74) is 4.65. The highest BCUT2D eigenvalue weighted by Crippen LogP contribution is 2.44. The first kappa shape index (κ1) is 22.1. The largest absolute Gasteiger partial charge is 0.481 e. The van der Waals surface area contributed by atoms with Gasteiger partial charge >= 0.3 is 12.1 Å². The van der Waals surface area contributed by atoms with E-state index in [9.17, 15) is 14.4 Å². The fourth-order valence-corrected chi connectivity index (χ4v) is 4.02. The predicted molar refractivity (Wildman–Crippen MR) is 121 cm³/mol. The first-order chi connectivity index (χ1) is 16.0. The van der Waals surface area contributed by atoms with Gasteiger partial charge in [-0.05, 0) is 28.7 Å². The standard InChI is InChI=1S/C24H24N4O5/c1-28-22(19(13-26-28)23(31)25-12-6-11-21(29)30)27-24(32)33-14-20-17-9-4-2-7-15(17)16-8-3-5-10-18(16)20/h2-5,7-10,13,20H,6,11-12,14H2,1H3,(H,25,31)(H,27,32)(H,29,30). The molecule has 170 valence electrons. The Kier molecular flexibility index (Phi) is 6.39. The lowest BCUT2D eigenvalue weighted by Gasteiger charge is -2.15. The van der Waals surface area contributed by atoms with Gasteiger partial charge < -0.3 is 15.2 Å². The summed E-state index contributed by atoms with van der Waals surface area (Å²) in [4.78, 5) is 35.6. The Morgan fingerprint density at radius 3 is 2.33 bits per heavy atom. The molecule has 4 rings (SSSR count). The number of amides is 2. The van der Waals surface area contributed by atoms with Gasteiger partial charge in [0.15, 0.2) is 0 Å². The highest BCUT2D eigenvalue weighted by Gasteiger charge is 2.29. The summed E-state index contributed by atoms with van der Waals surface area (Å²) >= 11 is 0. The van der Waals surface area contributed by atoms with Crippen LogP contribution in [0.5, 0.6) is 0 Å². The Bertz CT molecular complexity index is 1160. The zero-order valence-corrected chi connectivity index (χ0v) is 18.1. The second-order valence-electron chi connectivity index (χ2n) is 7.73. The minimum Gasteiger partial charge on any atom is -0.481 e. The molecule has 33 heavy (non-hydrogen) atoms. The van der Waals surface area contributed by atoms with Gasteiger partial charge in [0.1, 0.15) is 18.0 Å². The molecule has 9 heteroatoms. The first-order valence-corrected chi connectivity index (χ1v) is 10.6. The van der Waals surface area contributed by atoms with Crippen molar-refractivity contribution in [3.8, 4) is 11.1 Å². The highest BCUT2D eigenvalue weighted by molar-refractivity contribution is 6.01. The molecule has 2 aromatic carbocycles. The van der Waals surface area contributed by atoms with Gasteiger partial charge in [-0.2, -0.15) is 5.10 Å². The number of nitrogens with one attached hydrogen (secondary N) is 2. The molecule has 3 aromatic rings. The normalized spacial score (nSPS) is 12.0. The van der Waals surface area contributed by atoms with E-state index in [1.54, 1.807) is 7.05 Å². The fraction of sp³-hybridized carbons (Fsp3) is 0.250. The maximum absolute atomic E-state index is 12.6. The van der Waals surface area contributed by atoms with Crippen molar-refractivity contribution in [2.75, 3.05) is 18.5 Å². The first-order valence-electron chi connectivity index (χ1n) is 10.6. The number of aromatic nitrogens is 2. The number of aryl methyl sites for hydroxylation is 1. The van der Waals surface area contributed by atoms with Crippen LogP contribution in [0.2, 0.25) is 0 Å². The van der Waals surface area contributed by atoms with Crippen LogP contribution in [0.1, 0.15) is 40.2 Å². The Morgan fingerprint density at radius 2 is 1.70 bits per heavy atom. The summed E-state index contributed by atoms with van der Waals surface area (Å²) < 4.78 is 6.91. The van der Waals surface area contributed by atoms with Gasteiger partial charge in [0.2, 0.25) is 0 Å². The molecule has 0 saturated carbocycles. The Labute approximate surface area is 190 Å². The van der Waals surface area contributed by atoms with E-state index >= 15 is 0 Å². The third-order valence-electron chi connectivity index (χ3n) is 5.60. The number of fused-ring (bicyclic) bond motifs is 3. The molecule has 2 amide bonds. The number of rotatable bonds is 8. The van der Waals surface area contributed by atoms with E-state index in [1.807, 2.05) is 36.4 Å². The van der Waals surface area contributed by atoms with Crippen molar-refractivity contribution in [3.63, 3.8) is 0 Å². The van der Waals surface area contributed by atoms with Crippen LogP contribution in [-0.4, -0.2) is 46.0 Å². The summed E-state index contributed by atoms with van der Waals surface area (Å²) in [6.07, 6.45) is 0.903. The van der Waals surface area contributed by atoms with Gasteiger partial charge in [0.25, 0.3) is 5.91 Å². The number of carboxylic acids is 1. The SMILES string of the molecule is Cn1ncc(C(=O)NCCCC(=O)O)c1NC(=O)OCC1c2ccccc2-c2ccccc21. The second-order valence-corrected chi connectivity index (χ2v) is 7.73. The molecule has 3 N–H and O–H groups in total. The molecule has 0 saturated heterocycles. The van der Waals surface area contributed by atoms with Crippen molar-refractivity contribution in [2.24, 2.45) is 7.05 Å². The maximum Gasteiger partial charge on any atom is 0.412 e. The third kappa shape index (κ3) is 4.72. The predicted octanol–water partition coefficient (Wildman–Crippen LogP) is 3.38. The number of hydrogen-bond donors (Lipinski definition) is 3. The Balaban J connectivity index is 1.40. The van der Waals surface area contributed by atoms with E-state index in [4.69, 9.17) is 9.84 Å². The van der Waals surface area contributed by atoms with E-state index in [2.05, 4.69) is 27.9 Å². The van der Waals surface area contributed by atoms with Crippen LogP contribution >= 0.6 is 0 Å². The summed E-state index contributed by atoms with van der Waals surface area (Å²) in [5, 5.41) is 18.0. The number of carbonyl (C=O) groups is 3. The van der Waals surface area contributed by atoms with Gasteiger partial charge in [0.05, 0.1) is 6.20 Å². The summed E-state index contributed by atoms with van der Waals surface area (Å²) in [6, 6.07) is 16.1. The Morgan fingerprint density at radius 1 is 1.06 bits per heavy atom. The highest BCUT2D eigenvalue weighted by atomic mass is 16.5. The van der Waals surface area contributed by atoms with E-state index < -0.39 is 18.0 Å². The summed E-state index contributed by atoms with van der Waals surface area (Å²) in [5.74, 6) is -1.26. The molecule has 1 aromatic heterocycles. The molecule has 1 aliphatic rings. The molecular formula is C24H24N4O5. The zero-order valence-electron chi connectivity index (χ0n) is 18.1. The number of nitrogens with zero attached hydrogens (tertiary/aromatic N) is 2. The molecule has 0 aliphatic heterocycles. The third-order valence-corrected chi connectivity index (χ3v) is 5.60. The lowest BCUT2D eigenvalue weighted by atomic mass is 9.98. The molecular weight excluding hydrogens is 424 g/mol. The number of aliphatic carboxylic acids is 1. The summed E-state index contributed by atoms with van der Waals surface area (Å²) in [6.45, 7) is 0.346. The number of carboxylic acid groups (broad SMARTS) is 1. The van der Waals surface area contributed by atoms with E-state index in [0.29, 0.717) is 6.42 Å². The van der Waals surface area contributed by atoms with Gasteiger partial charge in [0, 0.05) is 25.9 Å². The van der Waals surface area contributed by atoms with Crippen LogP contribution in [0.25, 0.3) is 11.1 Å². The maximum atomic E-state index is 12.6. The van der Waals surface area contributed by atoms with Gasteiger partial charge in [-0.25, -0.2) is 4.79 Å². The van der Waals surface area contributed by atoms with E-state index in [1.165, 1.54) is 10.9 Å². The number of anilines is 1. The molecule has 9 nitrogen and oxygen atoms in total. The van der Waals surface area contributed by atoms with E-state index in [-0.39, 0.29) is 36.9 Å². The molecule has 0 atom stereocenters. The van der Waals surface area contributed by atoms with Crippen LogP contribution in [-0.2, 0) is 16.6 Å². The molecule has 1 heterocycles. The molecule has 0 unspecified atom stereocenters. The van der Waals surface area contributed by atoms with Crippen LogP contribution in [0.3, 0.4) is 0 Å². The van der Waals surface area contributed by atoms with Crippen LogP contribution < -0.4 is 10.6 Å². The van der Waals surface area contributed by atoms with Crippen LogP contribution in [0.4, 0.5) is 10.6 Å². The van der Waals surface area contributed by atoms with Crippen molar-refractivity contribution < 1.29 is 24.2 Å². The van der Waals surface area contributed by atoms with Gasteiger partial charge in [-0.1, -0.05) is 48.5 Å². The number of hydrogen-bond acceptors (Lipinski definition) is 5. The van der Waals surface area contributed by atoms with Crippen LogP contribution in [0, 0.1) is 0 Å². The minimum absolute atomic E-state index is 0.0435. The lowest BCUT2D eigenvalue weighted by Crippen LogP contribution is -2.27. The molecule has 0 spiro atoms. The summed E-state index contributed by atoms with van der Waals surface area (Å²) in [7, 11) is 1.60. The van der Waals surface area contributed by atoms with Crippen molar-refractivity contribution in [3.05, 3.63) is 71.4 Å². The number of ether oxygens (including phenoxy) is 1. The minimum atomic E-state index is -0.928. The number of benzene rings is 2. The van der Waals surface area contributed by atoms with Crippen molar-refractivity contribution in [2.45, 2.75) is 18.8 Å². The van der Waals surface area contributed by atoms with Crippen molar-refractivity contribution in [1.82, 2.24) is 15.1 Å². The van der Waals surface area contributed by atoms with E-state index in [0.717, 1.165) is 22.3 Å². The quantitative estimate of drug-likeness (QED) is 0.454. The van der Waals surface area contributed by atoms with Crippen LogP contribution in [0.15, 0.2) is 54.7 Å². The average molecular weight is 448 g/mol. The Hall–Kier alpha value is -4.14. The molecule has 0 radical (unpaired) electrons. The molecule has 0 bridgehead atoms. The topological polar surface area (TPSA) is 123 Å². The smallest absolute Gasteiger partial charge is 0.412 e. The monoisotopic (exact) mass is 448 g/mol. The van der Waals surface area contributed by atoms with Crippen molar-refractivity contribution in [1.29, 1.82) is 0 Å². The number of carbonyl (C=O) groups excluding carboxylic acids is 2. The molecule has 0 fully saturated rings. The lowest BCUT2D eigenvalue weighted by molar-refractivity contribution is -0.137. The zero-order chi connectivity index (χ0) is 23.4. The second kappa shape index (κ2) is 9.56. The van der Waals surface area contributed by atoms with Gasteiger partial charge in [-0.3, -0.25) is 19.6 Å². The average Bonchev–Trinajstić information content (AvgIpc) is 3.33. The fourth-order valence-electron chi connectivity index (χ4n) is 4.02. The molecule has 1 aliphatic carbocycles.